The van der Waals surface area contributed by atoms with Gasteiger partial charge in [-0.1, -0.05) is 36.0 Å². The Kier molecular flexibility index (Phi) is 4.89. The second-order valence-electron chi connectivity index (χ2n) is 6.57. The van der Waals surface area contributed by atoms with Gasteiger partial charge in [0.1, 0.15) is 0 Å². The number of furan rings is 1. The summed E-state index contributed by atoms with van der Waals surface area (Å²) in [6.45, 7) is 1.84. The summed E-state index contributed by atoms with van der Waals surface area (Å²) in [5.41, 5.74) is 2.54. The summed E-state index contributed by atoms with van der Waals surface area (Å²) in [6.07, 6.45) is 4.65. The first kappa shape index (κ1) is 17.7. The van der Waals surface area contributed by atoms with Gasteiger partial charge in [0.15, 0.2) is 5.76 Å². The smallest absolute Gasteiger partial charge is 0.233 e. The molecule has 2 heterocycles. The highest BCUT2D eigenvalue weighted by atomic mass is 32.2. The van der Waals surface area contributed by atoms with E-state index in [1.807, 2.05) is 19.1 Å². The second-order valence-corrected chi connectivity index (χ2v) is 7.87. The molecule has 0 unspecified atom stereocenters. The molecular weight excluding hydrogens is 362 g/mol. The Labute approximate surface area is 161 Å². The molecule has 2 atom stereocenters. The lowest BCUT2D eigenvalue weighted by molar-refractivity contribution is -0.121. The number of rotatable bonds is 5. The Bertz CT molecular complexity index is 937. The maximum Gasteiger partial charge on any atom is 0.233 e. The van der Waals surface area contributed by atoms with Crippen LogP contribution in [0.25, 0.3) is 11.6 Å². The zero-order valence-corrected chi connectivity index (χ0v) is 15.8. The number of amides is 1. The molecule has 1 aliphatic rings. The van der Waals surface area contributed by atoms with Gasteiger partial charge >= 0.3 is 0 Å². The van der Waals surface area contributed by atoms with Crippen molar-refractivity contribution in [2.75, 3.05) is 5.84 Å². The maximum absolute atomic E-state index is 12.7. The molecule has 3 aromatic rings. The van der Waals surface area contributed by atoms with Gasteiger partial charge in [-0.3, -0.25) is 4.79 Å². The fraction of sp³-hybridized carbons (Fsp3) is 0.316. The molecule has 7 nitrogen and oxygen atoms in total. The van der Waals surface area contributed by atoms with Crippen LogP contribution in [-0.2, 0) is 11.2 Å². The Morgan fingerprint density at radius 3 is 3.00 bits per heavy atom. The Morgan fingerprint density at radius 2 is 2.19 bits per heavy atom. The summed E-state index contributed by atoms with van der Waals surface area (Å²) in [5, 5.41) is 11.4. The average Bonchev–Trinajstić information content (AvgIpc) is 3.32. The van der Waals surface area contributed by atoms with Crippen LogP contribution in [0.15, 0.2) is 52.2 Å². The number of carbonyl (C=O) groups excluding carboxylic acids is 1. The van der Waals surface area contributed by atoms with Gasteiger partial charge < -0.3 is 15.6 Å². The fourth-order valence-electron chi connectivity index (χ4n) is 3.34. The molecule has 8 heteroatoms. The summed E-state index contributed by atoms with van der Waals surface area (Å²) in [6, 6.07) is 11.9. The molecule has 0 aliphatic heterocycles. The quantitative estimate of drug-likeness (QED) is 0.519. The van der Waals surface area contributed by atoms with Crippen molar-refractivity contribution in [1.82, 2.24) is 20.2 Å². The van der Waals surface area contributed by atoms with Gasteiger partial charge in [0.25, 0.3) is 0 Å². The number of nitrogen functional groups attached to an aromatic ring is 1. The predicted octanol–water partition coefficient (Wildman–Crippen LogP) is 2.93. The molecular formula is C19H21N5O2S. The number of benzene rings is 1. The van der Waals surface area contributed by atoms with Gasteiger partial charge in [-0.15, -0.1) is 10.2 Å². The molecule has 2 aromatic heterocycles. The molecule has 0 radical (unpaired) electrons. The van der Waals surface area contributed by atoms with Gasteiger partial charge in [-0.05, 0) is 49.4 Å². The van der Waals surface area contributed by atoms with Crippen molar-refractivity contribution in [2.45, 2.75) is 42.6 Å². The number of nitrogens with one attached hydrogen (secondary N) is 1. The summed E-state index contributed by atoms with van der Waals surface area (Å²) in [4.78, 5) is 12.7. The van der Waals surface area contributed by atoms with Crippen LogP contribution in [0.5, 0.6) is 0 Å². The fourth-order valence-corrected chi connectivity index (χ4v) is 4.12. The van der Waals surface area contributed by atoms with Crippen molar-refractivity contribution < 1.29 is 9.21 Å². The van der Waals surface area contributed by atoms with Crippen LogP contribution in [0.2, 0.25) is 0 Å². The lowest BCUT2D eigenvalue weighted by Crippen LogP contribution is -2.36. The van der Waals surface area contributed by atoms with Crippen LogP contribution < -0.4 is 11.2 Å². The largest absolute Gasteiger partial charge is 0.461 e. The molecule has 27 heavy (non-hydrogen) atoms. The van der Waals surface area contributed by atoms with E-state index in [4.69, 9.17) is 10.3 Å². The van der Waals surface area contributed by atoms with E-state index in [1.54, 1.807) is 18.4 Å². The lowest BCUT2D eigenvalue weighted by Gasteiger charge is -2.27. The van der Waals surface area contributed by atoms with Gasteiger partial charge in [-0.2, -0.15) is 0 Å². The molecule has 1 aromatic carbocycles. The third-order valence-corrected chi connectivity index (χ3v) is 5.80. The third kappa shape index (κ3) is 3.57. The standard InChI is InChI=1S/C19H21N5O2S/c1-12(27-19-23-22-17(24(19)20)16-10-5-11-26-16)18(25)21-15-9-4-7-13-6-2-3-8-14(13)15/h2-3,5-6,8,10-12,15H,4,7,9,20H2,1H3,(H,21,25)/t12-,15+/m0/s1. The van der Waals surface area contributed by atoms with Crippen LogP contribution in [0.3, 0.4) is 0 Å². The van der Waals surface area contributed by atoms with E-state index in [0.29, 0.717) is 16.7 Å². The predicted molar refractivity (Wildman–Crippen MR) is 103 cm³/mol. The SMILES string of the molecule is C[C@H](Sc1nnc(-c2ccco2)n1N)C(=O)N[C@@H]1CCCc2ccccc21. The van der Waals surface area contributed by atoms with Crippen LogP contribution in [0, 0.1) is 0 Å². The number of hydrogen-bond donors (Lipinski definition) is 2. The van der Waals surface area contributed by atoms with E-state index in [1.165, 1.54) is 27.6 Å². The number of thioether (sulfide) groups is 1. The molecule has 140 valence electrons. The zero-order valence-electron chi connectivity index (χ0n) is 15.0. The normalized spacial score (nSPS) is 17.3. The molecule has 0 saturated carbocycles. The van der Waals surface area contributed by atoms with Gasteiger partial charge in [0.05, 0.1) is 17.6 Å². The maximum atomic E-state index is 12.7. The van der Waals surface area contributed by atoms with Crippen molar-refractivity contribution in [1.29, 1.82) is 0 Å². The van der Waals surface area contributed by atoms with Gasteiger partial charge in [-0.25, -0.2) is 4.68 Å². The molecule has 0 bridgehead atoms. The molecule has 1 amide bonds. The van der Waals surface area contributed by atoms with Crippen LogP contribution in [0.1, 0.15) is 36.9 Å². The third-order valence-electron chi connectivity index (χ3n) is 4.74. The Morgan fingerprint density at radius 1 is 1.33 bits per heavy atom. The monoisotopic (exact) mass is 383 g/mol. The lowest BCUT2D eigenvalue weighted by atomic mass is 9.88. The number of aromatic nitrogens is 3. The van der Waals surface area contributed by atoms with E-state index in [-0.39, 0.29) is 17.2 Å². The highest BCUT2D eigenvalue weighted by Gasteiger charge is 2.25. The first-order chi connectivity index (χ1) is 13.1. The van der Waals surface area contributed by atoms with Crippen molar-refractivity contribution in [3.63, 3.8) is 0 Å². The van der Waals surface area contributed by atoms with Gasteiger partial charge in [0.2, 0.25) is 16.9 Å². The number of hydrogen-bond acceptors (Lipinski definition) is 6. The van der Waals surface area contributed by atoms with Crippen LogP contribution in [0.4, 0.5) is 0 Å². The van der Waals surface area contributed by atoms with Crippen LogP contribution in [-0.4, -0.2) is 26.0 Å². The zero-order chi connectivity index (χ0) is 18.8. The number of nitrogens with two attached hydrogens (primary N) is 1. The van der Waals surface area contributed by atoms with E-state index >= 15 is 0 Å². The van der Waals surface area contributed by atoms with Crippen molar-refractivity contribution in [3.05, 3.63) is 53.8 Å². The van der Waals surface area contributed by atoms with Crippen molar-refractivity contribution >= 4 is 17.7 Å². The van der Waals surface area contributed by atoms with Crippen molar-refractivity contribution in [3.8, 4) is 11.6 Å². The topological polar surface area (TPSA) is 99.0 Å². The number of carbonyl (C=O) groups is 1. The van der Waals surface area contributed by atoms with E-state index in [0.717, 1.165) is 19.3 Å². The van der Waals surface area contributed by atoms with Gasteiger partial charge in [0, 0.05) is 0 Å². The molecule has 0 spiro atoms. The summed E-state index contributed by atoms with van der Waals surface area (Å²) in [5.74, 6) is 6.99. The first-order valence-corrected chi connectivity index (χ1v) is 9.80. The first-order valence-electron chi connectivity index (χ1n) is 8.92. The van der Waals surface area contributed by atoms with E-state index in [2.05, 4.69) is 27.6 Å². The minimum absolute atomic E-state index is 0.0377. The van der Waals surface area contributed by atoms with Crippen LogP contribution >= 0.6 is 11.8 Å². The summed E-state index contributed by atoms with van der Waals surface area (Å²) in [7, 11) is 0. The van der Waals surface area contributed by atoms with Crippen molar-refractivity contribution in [2.24, 2.45) is 0 Å². The Balaban J connectivity index is 1.44. The summed E-state index contributed by atoms with van der Waals surface area (Å²) < 4.78 is 6.66. The second kappa shape index (κ2) is 7.48. The number of nitrogens with zero attached hydrogens (tertiary/aromatic N) is 3. The molecule has 4 rings (SSSR count). The van der Waals surface area contributed by atoms with E-state index in [9.17, 15) is 4.79 Å². The number of fused-ring (bicyclic) bond motifs is 1. The minimum atomic E-state index is -0.352. The molecule has 0 fully saturated rings. The highest BCUT2D eigenvalue weighted by Crippen LogP contribution is 2.30. The molecule has 3 N–H and O–H groups in total. The summed E-state index contributed by atoms with van der Waals surface area (Å²) >= 11 is 1.28. The number of aryl methyl sites for hydroxylation is 1. The minimum Gasteiger partial charge on any atom is -0.461 e. The molecule has 1 aliphatic carbocycles. The van der Waals surface area contributed by atoms with E-state index < -0.39 is 0 Å². The highest BCUT2D eigenvalue weighted by molar-refractivity contribution is 8.00. The Hall–Kier alpha value is -2.74. The average molecular weight is 383 g/mol. The molecule has 0 saturated heterocycles.